The van der Waals surface area contributed by atoms with Crippen molar-refractivity contribution in [1.82, 2.24) is 0 Å². The number of hydrogen-bond donors (Lipinski definition) is 0. The molecule has 29 heavy (non-hydrogen) atoms. The Kier molecular flexibility index (Phi) is 10.2. The minimum atomic E-state index is -0.441. The normalized spacial score (nSPS) is 10.9. The summed E-state index contributed by atoms with van der Waals surface area (Å²) in [5.41, 5.74) is 1.33. The first-order valence-corrected chi connectivity index (χ1v) is 10.3. The number of methoxy groups -OCH3 is 2. The summed E-state index contributed by atoms with van der Waals surface area (Å²) in [6, 6.07) is 14.1. The summed E-state index contributed by atoms with van der Waals surface area (Å²) in [5, 5.41) is 0. The number of ether oxygens (including phenoxy) is 4. The van der Waals surface area contributed by atoms with E-state index in [2.05, 4.69) is 6.92 Å². The molecule has 0 N–H and O–H groups in total. The molecule has 0 unspecified atom stereocenters. The van der Waals surface area contributed by atoms with Crippen LogP contribution in [0.5, 0.6) is 11.5 Å². The van der Waals surface area contributed by atoms with Crippen LogP contribution in [0.1, 0.15) is 67.7 Å². The van der Waals surface area contributed by atoms with Crippen LogP contribution in [0.25, 0.3) is 0 Å². The van der Waals surface area contributed by atoms with Crippen molar-refractivity contribution in [3.8, 4) is 11.5 Å². The van der Waals surface area contributed by atoms with Crippen LogP contribution in [0.3, 0.4) is 0 Å². The van der Waals surface area contributed by atoms with Crippen molar-refractivity contribution < 1.29 is 23.7 Å². The molecule has 5 nitrogen and oxygen atoms in total. The average molecular weight is 401 g/mol. The van der Waals surface area contributed by atoms with Crippen molar-refractivity contribution in [2.24, 2.45) is 0 Å². The molecule has 0 saturated heterocycles. The highest BCUT2D eigenvalue weighted by molar-refractivity contribution is 5.91. The Morgan fingerprint density at radius 3 is 2.00 bits per heavy atom. The Morgan fingerprint density at radius 2 is 1.38 bits per heavy atom. The summed E-state index contributed by atoms with van der Waals surface area (Å²) in [5.74, 6) is 0.827. The van der Waals surface area contributed by atoms with Crippen LogP contribution in [0.2, 0.25) is 0 Å². The van der Waals surface area contributed by atoms with E-state index in [9.17, 15) is 4.79 Å². The minimum absolute atomic E-state index is 0.407. The van der Waals surface area contributed by atoms with Gasteiger partial charge in [-0.2, -0.15) is 0 Å². The van der Waals surface area contributed by atoms with Crippen molar-refractivity contribution in [2.75, 3.05) is 20.8 Å². The van der Waals surface area contributed by atoms with E-state index in [1.165, 1.54) is 32.1 Å². The van der Waals surface area contributed by atoms with Gasteiger partial charge in [0.05, 0.1) is 12.2 Å². The van der Waals surface area contributed by atoms with Gasteiger partial charge in [0.15, 0.2) is 6.29 Å². The average Bonchev–Trinajstić information content (AvgIpc) is 2.75. The van der Waals surface area contributed by atoms with E-state index < -0.39 is 12.3 Å². The van der Waals surface area contributed by atoms with Crippen LogP contribution in [0, 0.1) is 0 Å². The molecular weight excluding hydrogens is 368 g/mol. The molecule has 0 radical (unpaired) electrons. The van der Waals surface area contributed by atoms with Gasteiger partial charge in [-0.25, -0.2) is 4.79 Å². The fraction of sp³-hybridized carbons (Fsp3) is 0.458. The molecule has 5 heteroatoms. The van der Waals surface area contributed by atoms with Crippen LogP contribution in [-0.2, 0) is 9.47 Å². The maximum atomic E-state index is 12.3. The number of unbranched alkanes of at least 4 members (excludes halogenated alkanes) is 5. The number of benzene rings is 2. The van der Waals surface area contributed by atoms with Gasteiger partial charge >= 0.3 is 5.97 Å². The molecule has 2 aromatic carbocycles. The number of rotatable bonds is 13. The first kappa shape index (κ1) is 22.9. The highest BCUT2D eigenvalue weighted by atomic mass is 16.7. The first-order chi connectivity index (χ1) is 14.2. The van der Waals surface area contributed by atoms with Crippen LogP contribution in [0.15, 0.2) is 48.5 Å². The molecular formula is C24H32O5. The number of hydrogen-bond acceptors (Lipinski definition) is 5. The molecule has 2 rings (SSSR count). The highest BCUT2D eigenvalue weighted by Crippen LogP contribution is 2.22. The van der Waals surface area contributed by atoms with Gasteiger partial charge in [-0.15, -0.1) is 0 Å². The lowest BCUT2D eigenvalue weighted by Gasteiger charge is -2.14. The van der Waals surface area contributed by atoms with Crippen LogP contribution < -0.4 is 9.47 Å². The second-order valence-electron chi connectivity index (χ2n) is 6.90. The Bertz CT molecular complexity index is 705. The molecule has 0 spiro atoms. The summed E-state index contributed by atoms with van der Waals surface area (Å²) < 4.78 is 21.6. The number of carbonyl (C=O) groups excluding carboxylic acids is 1. The Labute approximate surface area is 173 Å². The summed E-state index contributed by atoms with van der Waals surface area (Å²) >= 11 is 0. The van der Waals surface area contributed by atoms with E-state index in [0.29, 0.717) is 17.9 Å². The molecule has 0 aliphatic heterocycles. The predicted molar refractivity (Wildman–Crippen MR) is 113 cm³/mol. The lowest BCUT2D eigenvalue weighted by atomic mass is 10.1. The molecule has 2 aromatic rings. The highest BCUT2D eigenvalue weighted by Gasteiger charge is 2.11. The molecule has 158 valence electrons. The lowest BCUT2D eigenvalue weighted by molar-refractivity contribution is -0.106. The summed E-state index contributed by atoms with van der Waals surface area (Å²) in [7, 11) is 3.15. The van der Waals surface area contributed by atoms with E-state index in [1.54, 1.807) is 62.8 Å². The second kappa shape index (κ2) is 13.0. The zero-order chi connectivity index (χ0) is 20.9. The SMILES string of the molecule is CCCCCCCCOc1ccc(C(=O)Oc2ccc(C(OC)OC)cc2)cc1. The first-order valence-electron chi connectivity index (χ1n) is 10.3. The van der Waals surface area contributed by atoms with Crippen molar-refractivity contribution in [1.29, 1.82) is 0 Å². The van der Waals surface area contributed by atoms with Gasteiger partial charge in [0.2, 0.25) is 0 Å². The Morgan fingerprint density at radius 1 is 0.793 bits per heavy atom. The standard InChI is InChI=1S/C24H32O5/c1-4-5-6-7-8-9-18-28-21-14-10-19(11-15-21)23(25)29-22-16-12-20(13-17-22)24(26-2)27-3/h10-17,24H,4-9,18H2,1-3H3. The van der Waals surface area contributed by atoms with E-state index in [-0.39, 0.29) is 0 Å². The summed E-state index contributed by atoms with van der Waals surface area (Å²) in [6.07, 6.45) is 6.94. The summed E-state index contributed by atoms with van der Waals surface area (Å²) in [6.45, 7) is 2.92. The largest absolute Gasteiger partial charge is 0.494 e. The molecule has 0 heterocycles. The molecule has 0 saturated carbocycles. The number of esters is 1. The van der Waals surface area contributed by atoms with Crippen molar-refractivity contribution in [3.05, 3.63) is 59.7 Å². The van der Waals surface area contributed by atoms with Crippen LogP contribution >= 0.6 is 0 Å². The molecule has 0 aliphatic rings. The van der Waals surface area contributed by atoms with Gasteiger partial charge in [0.1, 0.15) is 11.5 Å². The third-order valence-electron chi connectivity index (χ3n) is 4.65. The van der Waals surface area contributed by atoms with Crippen molar-refractivity contribution >= 4 is 5.97 Å². The second-order valence-corrected chi connectivity index (χ2v) is 6.90. The Balaban J connectivity index is 1.78. The minimum Gasteiger partial charge on any atom is -0.494 e. The molecule has 0 aliphatic carbocycles. The molecule has 0 fully saturated rings. The molecule has 0 aromatic heterocycles. The van der Waals surface area contributed by atoms with Gasteiger partial charge in [-0.3, -0.25) is 0 Å². The van der Waals surface area contributed by atoms with Crippen LogP contribution in [0.4, 0.5) is 0 Å². The smallest absolute Gasteiger partial charge is 0.343 e. The van der Waals surface area contributed by atoms with Crippen molar-refractivity contribution in [2.45, 2.75) is 51.7 Å². The van der Waals surface area contributed by atoms with E-state index in [0.717, 1.165) is 17.7 Å². The Hall–Kier alpha value is -2.37. The predicted octanol–water partition coefficient (Wildman–Crippen LogP) is 5.94. The zero-order valence-corrected chi connectivity index (χ0v) is 17.7. The van der Waals surface area contributed by atoms with E-state index in [1.807, 2.05) is 0 Å². The third-order valence-corrected chi connectivity index (χ3v) is 4.65. The maximum absolute atomic E-state index is 12.3. The molecule has 0 amide bonds. The third kappa shape index (κ3) is 7.87. The van der Waals surface area contributed by atoms with Gasteiger partial charge in [-0.05, 0) is 42.8 Å². The summed E-state index contributed by atoms with van der Waals surface area (Å²) in [4.78, 5) is 12.3. The van der Waals surface area contributed by atoms with Crippen LogP contribution in [-0.4, -0.2) is 26.8 Å². The zero-order valence-electron chi connectivity index (χ0n) is 17.7. The maximum Gasteiger partial charge on any atom is 0.343 e. The van der Waals surface area contributed by atoms with Crippen molar-refractivity contribution in [3.63, 3.8) is 0 Å². The molecule has 0 bridgehead atoms. The van der Waals surface area contributed by atoms with Gasteiger partial charge in [-0.1, -0.05) is 51.2 Å². The lowest BCUT2D eigenvalue weighted by Crippen LogP contribution is -2.09. The molecule has 0 atom stereocenters. The van der Waals surface area contributed by atoms with Gasteiger partial charge in [0.25, 0.3) is 0 Å². The fourth-order valence-electron chi connectivity index (χ4n) is 2.99. The fourth-order valence-corrected chi connectivity index (χ4v) is 2.99. The monoisotopic (exact) mass is 400 g/mol. The number of carbonyl (C=O) groups is 1. The van der Waals surface area contributed by atoms with E-state index in [4.69, 9.17) is 18.9 Å². The van der Waals surface area contributed by atoms with Gasteiger partial charge in [0, 0.05) is 19.8 Å². The van der Waals surface area contributed by atoms with E-state index >= 15 is 0 Å². The topological polar surface area (TPSA) is 54.0 Å². The van der Waals surface area contributed by atoms with Gasteiger partial charge < -0.3 is 18.9 Å². The quantitative estimate of drug-likeness (QED) is 0.180.